The normalized spacial score (nSPS) is 10.6. The lowest BCUT2D eigenvalue weighted by molar-refractivity contribution is 0.546. The molecule has 1 heterocycles. The Balaban J connectivity index is 2.17. The van der Waals surface area contributed by atoms with E-state index in [9.17, 15) is 13.2 Å². The summed E-state index contributed by atoms with van der Waals surface area (Å²) in [5.74, 6) is -2.25. The standard InChI is InChI=1S/C11H10F3N3/c1-17-3-2-15-10(17)6-16-11-8(13)4-7(12)5-9(11)14/h2-5,16H,6H2,1H3. The summed E-state index contributed by atoms with van der Waals surface area (Å²) in [7, 11) is 1.77. The van der Waals surface area contributed by atoms with Gasteiger partial charge in [0, 0.05) is 31.6 Å². The molecule has 0 amide bonds. The van der Waals surface area contributed by atoms with Crippen molar-refractivity contribution in [1.82, 2.24) is 9.55 Å². The third kappa shape index (κ3) is 2.41. The molecule has 1 aromatic heterocycles. The average Bonchev–Trinajstić information content (AvgIpc) is 2.62. The fraction of sp³-hybridized carbons (Fsp3) is 0.182. The van der Waals surface area contributed by atoms with Crippen molar-refractivity contribution in [2.75, 3.05) is 5.32 Å². The molecule has 3 nitrogen and oxygen atoms in total. The molecule has 0 unspecified atom stereocenters. The van der Waals surface area contributed by atoms with E-state index in [2.05, 4.69) is 10.3 Å². The highest BCUT2D eigenvalue weighted by Gasteiger charge is 2.11. The fourth-order valence-electron chi connectivity index (χ4n) is 1.45. The van der Waals surface area contributed by atoms with E-state index in [4.69, 9.17) is 0 Å². The molecule has 0 atom stereocenters. The number of halogens is 3. The van der Waals surface area contributed by atoms with Gasteiger partial charge in [0.15, 0.2) is 11.6 Å². The van der Waals surface area contributed by atoms with Gasteiger partial charge in [0.05, 0.1) is 6.54 Å². The summed E-state index contributed by atoms with van der Waals surface area (Å²) in [5.41, 5.74) is -0.352. The van der Waals surface area contributed by atoms with Gasteiger partial charge in [-0.1, -0.05) is 0 Å². The molecule has 17 heavy (non-hydrogen) atoms. The molecule has 0 aliphatic carbocycles. The Bertz CT molecular complexity index is 514. The van der Waals surface area contributed by atoms with E-state index in [1.165, 1.54) is 0 Å². The second-order valence-corrected chi connectivity index (χ2v) is 3.55. The van der Waals surface area contributed by atoms with Crippen LogP contribution in [0.4, 0.5) is 18.9 Å². The highest BCUT2D eigenvalue weighted by atomic mass is 19.1. The van der Waals surface area contributed by atoms with Gasteiger partial charge >= 0.3 is 0 Å². The maximum Gasteiger partial charge on any atom is 0.152 e. The maximum absolute atomic E-state index is 13.3. The summed E-state index contributed by atoms with van der Waals surface area (Å²) >= 11 is 0. The first-order valence-corrected chi connectivity index (χ1v) is 4.92. The summed E-state index contributed by atoms with van der Waals surface area (Å²) in [4.78, 5) is 3.99. The number of benzene rings is 1. The number of hydrogen-bond acceptors (Lipinski definition) is 2. The lowest BCUT2D eigenvalue weighted by Gasteiger charge is -2.08. The highest BCUT2D eigenvalue weighted by Crippen LogP contribution is 2.20. The van der Waals surface area contributed by atoms with Crippen molar-refractivity contribution in [2.45, 2.75) is 6.54 Å². The summed E-state index contributed by atoms with van der Waals surface area (Å²) in [6, 6.07) is 1.26. The van der Waals surface area contributed by atoms with Crippen molar-refractivity contribution in [1.29, 1.82) is 0 Å². The predicted molar refractivity (Wildman–Crippen MR) is 56.9 cm³/mol. The topological polar surface area (TPSA) is 29.9 Å². The van der Waals surface area contributed by atoms with E-state index in [0.717, 1.165) is 0 Å². The van der Waals surface area contributed by atoms with Crippen LogP contribution in [0.15, 0.2) is 24.5 Å². The third-order valence-electron chi connectivity index (χ3n) is 2.35. The van der Waals surface area contributed by atoms with Crippen molar-refractivity contribution >= 4 is 5.69 Å². The molecule has 0 saturated heterocycles. The Morgan fingerprint density at radius 2 is 1.88 bits per heavy atom. The summed E-state index contributed by atoms with van der Waals surface area (Å²) in [6.45, 7) is 0.156. The first-order valence-electron chi connectivity index (χ1n) is 4.92. The largest absolute Gasteiger partial charge is 0.373 e. The maximum atomic E-state index is 13.3. The number of aryl methyl sites for hydroxylation is 1. The van der Waals surface area contributed by atoms with E-state index in [1.54, 1.807) is 24.0 Å². The molecule has 2 rings (SSSR count). The van der Waals surface area contributed by atoms with Gasteiger partial charge in [-0.15, -0.1) is 0 Å². The number of aromatic nitrogens is 2. The van der Waals surface area contributed by atoms with E-state index < -0.39 is 17.5 Å². The number of hydrogen-bond donors (Lipinski definition) is 1. The second-order valence-electron chi connectivity index (χ2n) is 3.55. The van der Waals surface area contributed by atoms with Crippen molar-refractivity contribution in [3.05, 3.63) is 47.8 Å². The van der Waals surface area contributed by atoms with Crippen LogP contribution < -0.4 is 5.32 Å². The molecule has 0 saturated carbocycles. The molecule has 90 valence electrons. The van der Waals surface area contributed by atoms with Crippen molar-refractivity contribution in [3.63, 3.8) is 0 Å². The predicted octanol–water partition coefficient (Wildman–Crippen LogP) is 2.45. The van der Waals surface area contributed by atoms with Crippen molar-refractivity contribution < 1.29 is 13.2 Å². The van der Waals surface area contributed by atoms with E-state index in [1.807, 2.05) is 0 Å². The lowest BCUT2D eigenvalue weighted by Crippen LogP contribution is -2.08. The fourth-order valence-corrected chi connectivity index (χ4v) is 1.45. The van der Waals surface area contributed by atoms with Gasteiger partial charge in [-0.2, -0.15) is 0 Å². The van der Waals surface area contributed by atoms with Gasteiger partial charge in [-0.3, -0.25) is 0 Å². The zero-order valence-electron chi connectivity index (χ0n) is 9.04. The molecule has 1 N–H and O–H groups in total. The van der Waals surface area contributed by atoms with Crippen LogP contribution in [0.25, 0.3) is 0 Å². The van der Waals surface area contributed by atoms with Crippen LogP contribution in [0.1, 0.15) is 5.82 Å². The molecule has 6 heteroatoms. The molecular weight excluding hydrogens is 231 g/mol. The van der Waals surface area contributed by atoms with Crippen molar-refractivity contribution in [3.8, 4) is 0 Å². The number of anilines is 1. The van der Waals surface area contributed by atoms with Gasteiger partial charge in [-0.05, 0) is 0 Å². The van der Waals surface area contributed by atoms with Gasteiger partial charge in [0.25, 0.3) is 0 Å². The minimum atomic E-state index is -0.961. The molecule has 2 aromatic rings. The average molecular weight is 241 g/mol. The highest BCUT2D eigenvalue weighted by molar-refractivity contribution is 5.46. The molecule has 1 aromatic carbocycles. The molecule has 0 aliphatic rings. The zero-order chi connectivity index (χ0) is 12.4. The number of imidazole rings is 1. The summed E-state index contributed by atoms with van der Waals surface area (Å²) in [5, 5.41) is 2.55. The van der Waals surface area contributed by atoms with Crippen LogP contribution in [-0.4, -0.2) is 9.55 Å². The summed E-state index contributed by atoms with van der Waals surface area (Å²) in [6.07, 6.45) is 3.29. The van der Waals surface area contributed by atoms with Gasteiger partial charge in [0.2, 0.25) is 0 Å². The molecule has 0 spiro atoms. The van der Waals surface area contributed by atoms with Crippen LogP contribution in [0, 0.1) is 17.5 Å². The van der Waals surface area contributed by atoms with Gasteiger partial charge in [0.1, 0.15) is 17.3 Å². The minimum Gasteiger partial charge on any atom is -0.373 e. The minimum absolute atomic E-state index is 0.156. The Hall–Kier alpha value is -1.98. The first kappa shape index (κ1) is 11.5. The monoisotopic (exact) mass is 241 g/mol. The Morgan fingerprint density at radius 3 is 2.41 bits per heavy atom. The molecule has 0 fully saturated rings. The third-order valence-corrected chi connectivity index (χ3v) is 2.35. The van der Waals surface area contributed by atoms with E-state index in [-0.39, 0.29) is 12.2 Å². The van der Waals surface area contributed by atoms with Crippen LogP contribution in [0.2, 0.25) is 0 Å². The number of rotatable bonds is 3. The molecule has 0 bridgehead atoms. The summed E-state index contributed by atoms with van der Waals surface area (Å²) < 4.78 is 40.9. The van der Waals surface area contributed by atoms with Crippen LogP contribution >= 0.6 is 0 Å². The number of nitrogens with zero attached hydrogens (tertiary/aromatic N) is 2. The molecule has 0 aliphatic heterocycles. The second kappa shape index (κ2) is 4.48. The Kier molecular flexibility index (Phi) is 3.03. The Labute approximate surface area is 95.9 Å². The Morgan fingerprint density at radius 1 is 1.24 bits per heavy atom. The van der Waals surface area contributed by atoms with Gasteiger partial charge < -0.3 is 9.88 Å². The van der Waals surface area contributed by atoms with Crippen LogP contribution in [0.5, 0.6) is 0 Å². The smallest absolute Gasteiger partial charge is 0.152 e. The van der Waals surface area contributed by atoms with Gasteiger partial charge in [-0.25, -0.2) is 18.2 Å². The van der Waals surface area contributed by atoms with Crippen molar-refractivity contribution in [2.24, 2.45) is 7.05 Å². The SMILES string of the molecule is Cn1ccnc1CNc1c(F)cc(F)cc1F. The van der Waals surface area contributed by atoms with Crippen LogP contribution in [0.3, 0.4) is 0 Å². The number of nitrogens with one attached hydrogen (secondary N) is 1. The molecule has 0 radical (unpaired) electrons. The first-order chi connectivity index (χ1) is 8.08. The quantitative estimate of drug-likeness (QED) is 0.894. The van der Waals surface area contributed by atoms with Crippen LogP contribution in [-0.2, 0) is 13.6 Å². The molecular formula is C11H10F3N3. The zero-order valence-corrected chi connectivity index (χ0v) is 9.04. The lowest BCUT2D eigenvalue weighted by atomic mass is 10.2. The van der Waals surface area contributed by atoms with E-state index >= 15 is 0 Å². The van der Waals surface area contributed by atoms with E-state index in [0.29, 0.717) is 18.0 Å².